The van der Waals surface area contributed by atoms with Gasteiger partial charge in [-0.15, -0.1) is 0 Å². The van der Waals surface area contributed by atoms with Crippen molar-refractivity contribution in [1.82, 2.24) is 36.8 Å². The molecule has 0 saturated carbocycles. The van der Waals surface area contributed by atoms with Crippen molar-refractivity contribution < 1.29 is 42.4 Å². The molecule has 0 aliphatic rings. The summed E-state index contributed by atoms with van der Waals surface area (Å²) in [6, 6.07) is 0. The number of likely N-dealkylation sites (N-methyl/N-ethyl adjacent to an activating group) is 2. The van der Waals surface area contributed by atoms with Gasteiger partial charge in [-0.3, -0.25) is 28.8 Å². The smallest absolute Gasteiger partial charge is 0.241 e. The molecule has 6 amide bonds. The van der Waals surface area contributed by atoms with Crippen LogP contribution in [0.4, 0.5) is 0 Å². The Kier molecular flexibility index (Phi) is 34.9. The van der Waals surface area contributed by atoms with Crippen molar-refractivity contribution in [2.75, 3.05) is 73.1 Å². The van der Waals surface area contributed by atoms with Crippen molar-refractivity contribution in [3.05, 3.63) is 0 Å². The van der Waals surface area contributed by atoms with Gasteiger partial charge in [-0.05, 0) is 26.9 Å². The van der Waals surface area contributed by atoms with Crippen LogP contribution >= 0.6 is 0 Å². The van der Waals surface area contributed by atoms with Gasteiger partial charge >= 0.3 is 0 Å². The van der Waals surface area contributed by atoms with Gasteiger partial charge in [0, 0.05) is 42.2 Å². The lowest BCUT2D eigenvalue weighted by Crippen LogP contribution is -2.46. The summed E-state index contributed by atoms with van der Waals surface area (Å²) in [5.74, 6) is -2.98. The highest BCUT2D eigenvalue weighted by Crippen LogP contribution is 1.82. The third-order valence-electron chi connectivity index (χ3n) is 3.68. The van der Waals surface area contributed by atoms with Crippen LogP contribution in [0.15, 0.2) is 0 Å². The summed E-state index contributed by atoms with van der Waals surface area (Å²) in [5, 5.41) is 21.9. The van der Waals surface area contributed by atoms with Crippen molar-refractivity contribution in [2.24, 2.45) is 5.73 Å². The lowest BCUT2D eigenvalue weighted by Gasteiger charge is -2.17. The Bertz CT molecular complexity index is 687. The number of nitrogens with zero attached hydrogens (tertiary/aromatic N) is 1. The topological polar surface area (TPSA) is 224 Å². The molecule has 0 fully saturated rings. The minimum atomic E-state index is -0.615. The molecule has 0 aliphatic heterocycles. The summed E-state index contributed by atoms with van der Waals surface area (Å²) in [5.41, 5.74) is 5.03. The maximum absolute atomic E-state index is 11.8. The predicted octanol–water partition coefficient (Wildman–Crippen LogP) is -1.88. The van der Waals surface area contributed by atoms with Crippen molar-refractivity contribution >= 4 is 35.4 Å². The van der Waals surface area contributed by atoms with E-state index in [0.717, 1.165) is 13.0 Å². The number of rotatable bonds is 14. The van der Waals surface area contributed by atoms with E-state index in [1.165, 1.54) is 11.8 Å². The molecule has 0 aromatic carbocycles. The van der Waals surface area contributed by atoms with Crippen molar-refractivity contribution in [3.63, 3.8) is 0 Å². The maximum Gasteiger partial charge on any atom is 0.241 e. The van der Waals surface area contributed by atoms with Gasteiger partial charge in [-0.2, -0.15) is 0 Å². The molecule has 0 aliphatic carbocycles. The molecule has 0 spiro atoms. The maximum atomic E-state index is 11.8. The van der Waals surface area contributed by atoms with Gasteiger partial charge in [0.2, 0.25) is 35.4 Å². The van der Waals surface area contributed by atoms with Crippen LogP contribution in [0.1, 0.15) is 49.6 Å². The van der Waals surface area contributed by atoms with Crippen LogP contribution in [0.25, 0.3) is 0 Å². The van der Waals surface area contributed by atoms with Crippen molar-refractivity contribution in [1.29, 1.82) is 0 Å². The van der Waals surface area contributed by atoms with Gasteiger partial charge in [-0.1, -0.05) is 20.8 Å². The molecule has 0 atom stereocenters. The van der Waals surface area contributed by atoms with E-state index in [2.05, 4.69) is 38.8 Å². The number of amides is 6. The zero-order valence-corrected chi connectivity index (χ0v) is 24.0. The second-order valence-corrected chi connectivity index (χ2v) is 7.04. The number of nitrogens with one attached hydrogen (secondary N) is 6. The molecule has 38 heavy (non-hydrogen) atoms. The van der Waals surface area contributed by atoms with Crippen LogP contribution in [0, 0.1) is 0 Å². The van der Waals surface area contributed by atoms with Crippen LogP contribution in [0.2, 0.25) is 0 Å². The molecule has 15 heteroatoms. The van der Waals surface area contributed by atoms with Crippen LogP contribution < -0.4 is 37.6 Å². The number of carbonyl (C=O) groups excluding carboxylic acids is 6. The van der Waals surface area contributed by atoms with Crippen molar-refractivity contribution in [3.8, 4) is 0 Å². The van der Waals surface area contributed by atoms with Gasteiger partial charge in [-0.25, -0.2) is 0 Å². The summed E-state index contributed by atoms with van der Waals surface area (Å²) in [7, 11) is 3.37. The third kappa shape index (κ3) is 34.9. The molecular weight excluding hydrogens is 500 g/mol. The first kappa shape index (κ1) is 41.8. The standard InChI is InChI=1S/C16H29N7O6.C3H9N.C2H6O.C2H6.6H2/c1-11(24)18-6-12(25)19-7-13(26)20-8-14(27)21-9-15(28)22-10-16(29)23(3)5-4-17-2;1-2-3-4;1-2-3;1-2;;;;;;/h17H,4-10H2,1-3H3,(H,18,24)(H,19,25)(H,20,26)(H,21,27)(H,22,28);2-4H2,1H3;3H,2H2,1H3;1-2H3;6*1H. The SMILES string of the molecule is CC.CCCN.CCO.CNCCN(C)C(=O)CNC(=O)CNC(=O)CNC(=O)CNC(=O)CNC(C)=O.[HH].[HH].[HH].[HH].[HH].[HH]. The molecule has 0 heterocycles. The summed E-state index contributed by atoms with van der Waals surface area (Å²) >= 11 is 0. The van der Waals surface area contributed by atoms with Gasteiger partial charge in [0.15, 0.2) is 0 Å². The molecule has 0 radical (unpaired) electrons. The Balaban J connectivity index is -0.0000000856. The third-order valence-corrected chi connectivity index (χ3v) is 3.68. The first-order valence-corrected chi connectivity index (χ1v) is 12.5. The molecule has 0 bridgehead atoms. The molecule has 0 aromatic heterocycles. The van der Waals surface area contributed by atoms with Gasteiger partial charge < -0.3 is 47.6 Å². The minimum Gasteiger partial charge on any atom is -0.397 e. The normalized spacial score (nSPS) is 8.87. The van der Waals surface area contributed by atoms with Gasteiger partial charge in [0.1, 0.15) is 0 Å². The predicted molar refractivity (Wildman–Crippen MR) is 158 cm³/mol. The second-order valence-electron chi connectivity index (χ2n) is 7.04. The second kappa shape index (κ2) is 31.7. The fourth-order valence-corrected chi connectivity index (χ4v) is 1.70. The summed E-state index contributed by atoms with van der Waals surface area (Å²) < 4.78 is 0. The molecular formula is C23H62N8O7. The Hall–Kier alpha value is -3.30. The van der Waals surface area contributed by atoms with E-state index < -0.39 is 23.6 Å². The van der Waals surface area contributed by atoms with E-state index in [-0.39, 0.29) is 59.7 Å². The number of carbonyl (C=O) groups is 6. The fourth-order valence-electron chi connectivity index (χ4n) is 1.70. The Morgan fingerprint density at radius 3 is 1.37 bits per heavy atom. The zero-order chi connectivity index (χ0) is 30.4. The average Bonchev–Trinajstić information content (AvgIpc) is 2.91. The Labute approximate surface area is 235 Å². The van der Waals surface area contributed by atoms with Gasteiger partial charge in [0.05, 0.1) is 32.7 Å². The molecule has 15 nitrogen and oxygen atoms in total. The summed E-state index contributed by atoms with van der Waals surface area (Å²) in [6.45, 7) is 9.62. The molecule has 236 valence electrons. The van der Waals surface area contributed by atoms with Crippen LogP contribution in [0.3, 0.4) is 0 Å². The lowest BCUT2D eigenvalue weighted by atomic mass is 10.4. The lowest BCUT2D eigenvalue weighted by molar-refractivity contribution is -0.132. The quantitative estimate of drug-likeness (QED) is 0.118. The summed E-state index contributed by atoms with van der Waals surface area (Å²) in [6.07, 6.45) is 1.10. The molecule has 0 aromatic rings. The Morgan fingerprint density at radius 2 is 1.08 bits per heavy atom. The van der Waals surface area contributed by atoms with Crippen molar-refractivity contribution in [2.45, 2.75) is 41.0 Å². The number of hydrogen-bond donors (Lipinski definition) is 8. The fraction of sp³-hybridized carbons (Fsp3) is 0.739. The first-order chi connectivity index (χ1) is 18.0. The highest BCUT2D eigenvalue weighted by atomic mass is 16.2. The summed E-state index contributed by atoms with van der Waals surface area (Å²) in [4.78, 5) is 69.9. The zero-order valence-electron chi connectivity index (χ0n) is 24.0. The van der Waals surface area contributed by atoms with E-state index in [4.69, 9.17) is 10.8 Å². The van der Waals surface area contributed by atoms with E-state index in [0.29, 0.717) is 13.1 Å². The van der Waals surface area contributed by atoms with E-state index >= 15 is 0 Å². The average molecular weight is 563 g/mol. The molecule has 9 N–H and O–H groups in total. The monoisotopic (exact) mass is 562 g/mol. The molecule has 0 saturated heterocycles. The van der Waals surface area contributed by atoms with Crippen LogP contribution in [-0.2, 0) is 28.8 Å². The number of aliphatic hydroxyl groups excluding tert-OH is 1. The van der Waals surface area contributed by atoms with Crippen LogP contribution in [0.5, 0.6) is 0 Å². The number of nitrogens with two attached hydrogens (primary N) is 1. The highest BCUT2D eigenvalue weighted by Gasteiger charge is 2.12. The first-order valence-electron chi connectivity index (χ1n) is 12.5. The van der Waals surface area contributed by atoms with Crippen LogP contribution in [-0.4, -0.2) is 119 Å². The number of aliphatic hydroxyl groups is 1. The highest BCUT2D eigenvalue weighted by molar-refractivity contribution is 5.91. The largest absolute Gasteiger partial charge is 0.397 e. The number of hydrogen-bond acceptors (Lipinski definition) is 9. The van der Waals surface area contributed by atoms with E-state index in [1.807, 2.05) is 13.8 Å². The van der Waals surface area contributed by atoms with E-state index in [9.17, 15) is 28.8 Å². The molecule has 0 unspecified atom stereocenters. The van der Waals surface area contributed by atoms with E-state index in [1.54, 1.807) is 21.0 Å². The van der Waals surface area contributed by atoms with Gasteiger partial charge in [0.25, 0.3) is 0 Å². The Morgan fingerprint density at radius 1 is 0.763 bits per heavy atom. The minimum absolute atomic E-state index is 0. The molecule has 0 rings (SSSR count).